The van der Waals surface area contributed by atoms with Crippen LogP contribution in [0.5, 0.6) is 0 Å². The fourth-order valence-corrected chi connectivity index (χ4v) is 5.14. The number of allylic oxidation sites excluding steroid dienone is 4. The van der Waals surface area contributed by atoms with Gasteiger partial charge in [-0.15, -0.1) is 11.6 Å². The maximum atomic E-state index is 14.0. The molecule has 0 amide bonds. The molecule has 2 aromatic carbocycles. The van der Waals surface area contributed by atoms with Crippen LogP contribution in [-0.2, 0) is 6.54 Å². The fourth-order valence-electron chi connectivity index (χ4n) is 4.89. The van der Waals surface area contributed by atoms with Crippen LogP contribution in [0.2, 0.25) is 0 Å². The Morgan fingerprint density at radius 2 is 1.73 bits per heavy atom. The zero-order valence-corrected chi connectivity index (χ0v) is 18.3. The number of rotatable bonds is 6. The van der Waals surface area contributed by atoms with Gasteiger partial charge in [0.1, 0.15) is 5.82 Å². The molecule has 0 heterocycles. The summed E-state index contributed by atoms with van der Waals surface area (Å²) in [6.07, 6.45) is 14.1. The van der Waals surface area contributed by atoms with Gasteiger partial charge in [0.05, 0.1) is 4.87 Å². The highest BCUT2D eigenvalue weighted by Gasteiger charge is 2.29. The number of hydrogen-bond acceptors (Lipinski definition) is 1. The molecule has 1 nitrogen and oxygen atoms in total. The molecule has 0 bridgehead atoms. The van der Waals surface area contributed by atoms with Crippen molar-refractivity contribution in [2.45, 2.75) is 62.3 Å². The second-order valence-electron chi connectivity index (χ2n) is 8.91. The van der Waals surface area contributed by atoms with Gasteiger partial charge in [-0.2, -0.15) is 0 Å². The number of nitrogens with two attached hydrogens (primary N) is 1. The molecule has 1 atom stereocenters. The average molecular weight is 424 g/mol. The van der Waals surface area contributed by atoms with Crippen LogP contribution in [0.25, 0.3) is 5.57 Å². The summed E-state index contributed by atoms with van der Waals surface area (Å²) in [6, 6.07) is 15.8. The van der Waals surface area contributed by atoms with Crippen LogP contribution >= 0.6 is 11.6 Å². The third kappa shape index (κ3) is 5.04. The van der Waals surface area contributed by atoms with Crippen LogP contribution in [0.4, 0.5) is 4.39 Å². The predicted molar refractivity (Wildman–Crippen MR) is 125 cm³/mol. The van der Waals surface area contributed by atoms with E-state index in [0.29, 0.717) is 18.0 Å². The zero-order valence-electron chi connectivity index (χ0n) is 17.5. The van der Waals surface area contributed by atoms with E-state index in [0.717, 1.165) is 30.8 Å². The second kappa shape index (κ2) is 9.49. The molecular weight excluding hydrogens is 393 g/mol. The molecule has 3 heteroatoms. The van der Waals surface area contributed by atoms with Gasteiger partial charge in [-0.1, -0.05) is 60.7 Å². The molecule has 2 aliphatic carbocycles. The third-order valence-electron chi connectivity index (χ3n) is 6.91. The first-order valence-electron chi connectivity index (χ1n) is 11.2. The van der Waals surface area contributed by atoms with Gasteiger partial charge in [0.25, 0.3) is 0 Å². The molecule has 0 aromatic heterocycles. The topological polar surface area (TPSA) is 26.0 Å². The Morgan fingerprint density at radius 1 is 1.00 bits per heavy atom. The largest absolute Gasteiger partial charge is 0.326 e. The van der Waals surface area contributed by atoms with E-state index in [1.165, 1.54) is 42.9 Å². The van der Waals surface area contributed by atoms with E-state index < -0.39 is 0 Å². The van der Waals surface area contributed by atoms with Crippen LogP contribution in [0, 0.1) is 11.7 Å². The highest BCUT2D eigenvalue weighted by atomic mass is 35.5. The van der Waals surface area contributed by atoms with Crippen molar-refractivity contribution in [2.24, 2.45) is 11.7 Å². The summed E-state index contributed by atoms with van der Waals surface area (Å²) in [4.78, 5) is -0.330. The number of hydrogen-bond donors (Lipinski definition) is 1. The van der Waals surface area contributed by atoms with Crippen molar-refractivity contribution in [2.75, 3.05) is 0 Å². The van der Waals surface area contributed by atoms with Gasteiger partial charge in [0.15, 0.2) is 0 Å². The second-order valence-corrected chi connectivity index (χ2v) is 9.67. The molecule has 158 valence electrons. The standard InChI is InChI=1S/C27H31ClFN/c28-27(17-14-24(15-18-27)25-3-1-2-4-26(25)29)16-13-20-5-9-22(10-6-20)23-11-7-21(19-30)8-12-23/h1-4,7-8,11-12,14-15,17,20,22H,5-6,9-10,13,16,18-19,30H2. The smallest absolute Gasteiger partial charge is 0.131 e. The van der Waals surface area contributed by atoms with Gasteiger partial charge in [-0.25, -0.2) is 4.39 Å². The van der Waals surface area contributed by atoms with Gasteiger partial charge in [0, 0.05) is 12.1 Å². The van der Waals surface area contributed by atoms with Gasteiger partial charge in [-0.05, 0) is 79.5 Å². The number of halogens is 2. The molecule has 2 aromatic rings. The molecule has 30 heavy (non-hydrogen) atoms. The summed E-state index contributed by atoms with van der Waals surface area (Å²) in [5, 5.41) is 0. The summed E-state index contributed by atoms with van der Waals surface area (Å²) in [6.45, 7) is 0.610. The quantitative estimate of drug-likeness (QED) is 0.482. The Labute approximate surface area is 184 Å². The molecule has 4 rings (SSSR count). The number of benzene rings is 2. The monoisotopic (exact) mass is 423 g/mol. The van der Waals surface area contributed by atoms with E-state index >= 15 is 0 Å². The molecular formula is C27H31ClFN. The SMILES string of the molecule is NCc1ccc(C2CCC(CCC3(Cl)C=CC(c4ccccc4F)=CC3)CC2)cc1. The van der Waals surface area contributed by atoms with Crippen molar-refractivity contribution in [3.63, 3.8) is 0 Å². The van der Waals surface area contributed by atoms with E-state index in [1.807, 2.05) is 18.2 Å². The lowest BCUT2D eigenvalue weighted by atomic mass is 9.76. The zero-order chi connectivity index (χ0) is 21.0. The Morgan fingerprint density at radius 3 is 2.37 bits per heavy atom. The van der Waals surface area contributed by atoms with Crippen LogP contribution in [0.15, 0.2) is 66.8 Å². The Kier molecular flexibility index (Phi) is 6.75. The Bertz CT molecular complexity index is 909. The van der Waals surface area contributed by atoms with Crippen molar-refractivity contribution >= 4 is 17.2 Å². The lowest BCUT2D eigenvalue weighted by Crippen LogP contribution is -2.22. The minimum absolute atomic E-state index is 0.176. The van der Waals surface area contributed by atoms with Crippen LogP contribution in [0.3, 0.4) is 0 Å². The minimum atomic E-state index is -0.330. The van der Waals surface area contributed by atoms with Crippen molar-refractivity contribution in [3.05, 3.63) is 89.3 Å². The lowest BCUT2D eigenvalue weighted by Gasteiger charge is -2.32. The molecule has 2 aliphatic rings. The van der Waals surface area contributed by atoms with Crippen LogP contribution in [0.1, 0.15) is 67.6 Å². The summed E-state index contributed by atoms with van der Waals surface area (Å²) < 4.78 is 14.0. The Hall–Kier alpha value is -1.90. The molecule has 2 N–H and O–H groups in total. The summed E-state index contributed by atoms with van der Waals surface area (Å²) in [5.41, 5.74) is 9.96. The normalized spacial score (nSPS) is 26.4. The van der Waals surface area contributed by atoms with Crippen LogP contribution in [-0.4, -0.2) is 4.87 Å². The maximum absolute atomic E-state index is 14.0. The molecule has 0 aliphatic heterocycles. The minimum Gasteiger partial charge on any atom is -0.326 e. The number of alkyl halides is 1. The van der Waals surface area contributed by atoms with Crippen molar-refractivity contribution in [3.8, 4) is 0 Å². The van der Waals surface area contributed by atoms with Crippen molar-refractivity contribution in [1.29, 1.82) is 0 Å². The third-order valence-corrected chi connectivity index (χ3v) is 7.38. The van der Waals surface area contributed by atoms with E-state index in [-0.39, 0.29) is 10.7 Å². The van der Waals surface area contributed by atoms with Crippen molar-refractivity contribution in [1.82, 2.24) is 0 Å². The average Bonchev–Trinajstić information content (AvgIpc) is 2.79. The fraction of sp³-hybridized carbons (Fsp3) is 0.407. The van der Waals surface area contributed by atoms with Crippen molar-refractivity contribution < 1.29 is 4.39 Å². The van der Waals surface area contributed by atoms with E-state index in [1.54, 1.807) is 6.07 Å². The van der Waals surface area contributed by atoms with E-state index in [4.69, 9.17) is 17.3 Å². The highest BCUT2D eigenvalue weighted by molar-refractivity contribution is 6.25. The summed E-state index contributed by atoms with van der Waals surface area (Å²) in [7, 11) is 0. The molecule has 1 saturated carbocycles. The van der Waals surface area contributed by atoms with Gasteiger partial charge in [0.2, 0.25) is 0 Å². The first-order chi connectivity index (χ1) is 14.6. The molecule has 0 saturated heterocycles. The van der Waals surface area contributed by atoms with Gasteiger partial charge < -0.3 is 5.73 Å². The molecule has 0 radical (unpaired) electrons. The lowest BCUT2D eigenvalue weighted by molar-refractivity contribution is 0.298. The highest BCUT2D eigenvalue weighted by Crippen LogP contribution is 2.41. The first kappa shape index (κ1) is 21.3. The summed E-state index contributed by atoms with van der Waals surface area (Å²) >= 11 is 6.90. The molecule has 0 spiro atoms. The van der Waals surface area contributed by atoms with Gasteiger partial charge >= 0.3 is 0 Å². The van der Waals surface area contributed by atoms with E-state index in [9.17, 15) is 4.39 Å². The van der Waals surface area contributed by atoms with E-state index in [2.05, 4.69) is 36.4 Å². The van der Waals surface area contributed by atoms with Gasteiger partial charge in [-0.3, -0.25) is 0 Å². The molecule has 1 fully saturated rings. The molecule has 1 unspecified atom stereocenters. The maximum Gasteiger partial charge on any atom is 0.131 e. The first-order valence-corrected chi connectivity index (χ1v) is 11.6. The predicted octanol–water partition coefficient (Wildman–Crippen LogP) is 7.36. The summed E-state index contributed by atoms with van der Waals surface area (Å²) in [5.74, 6) is 1.26. The Balaban J connectivity index is 1.26. The van der Waals surface area contributed by atoms with Crippen LogP contribution < -0.4 is 5.73 Å².